The summed E-state index contributed by atoms with van der Waals surface area (Å²) < 4.78 is 4.10. The predicted molar refractivity (Wildman–Crippen MR) is 61.2 cm³/mol. The Labute approximate surface area is 93.9 Å². The van der Waals surface area contributed by atoms with Crippen LogP contribution in [0, 0.1) is 11.8 Å². The molecule has 2 saturated heterocycles. The molecule has 0 spiro atoms. The highest BCUT2D eigenvalue weighted by Gasteiger charge is 2.43. The van der Waals surface area contributed by atoms with E-state index in [4.69, 9.17) is 0 Å². The highest BCUT2D eigenvalue weighted by atomic mass is 32.1. The maximum absolute atomic E-state index is 4.34. The number of fused-ring (bicyclic) bond motifs is 1. The average molecular weight is 224 g/mol. The third-order valence-electron chi connectivity index (χ3n) is 3.73. The van der Waals surface area contributed by atoms with Gasteiger partial charge in [-0.3, -0.25) is 0 Å². The molecule has 0 bridgehead atoms. The molecule has 2 aliphatic heterocycles. The summed E-state index contributed by atoms with van der Waals surface area (Å²) in [5.41, 5.74) is 0. The van der Waals surface area contributed by atoms with E-state index in [0.29, 0.717) is 6.04 Å². The quantitative estimate of drug-likeness (QED) is 0.813. The van der Waals surface area contributed by atoms with Crippen LogP contribution in [-0.2, 0) is 0 Å². The SMILES string of the molecule is CCC1C2CNCC2CN1c1ncns1. The minimum Gasteiger partial charge on any atom is -0.343 e. The van der Waals surface area contributed by atoms with Crippen LogP contribution < -0.4 is 10.2 Å². The fraction of sp³-hybridized carbons (Fsp3) is 0.800. The molecular weight excluding hydrogens is 208 g/mol. The normalized spacial score (nSPS) is 34.7. The van der Waals surface area contributed by atoms with Crippen LogP contribution in [0.4, 0.5) is 5.13 Å². The zero-order valence-electron chi connectivity index (χ0n) is 8.89. The van der Waals surface area contributed by atoms with Gasteiger partial charge in [0, 0.05) is 37.2 Å². The van der Waals surface area contributed by atoms with Crippen LogP contribution in [0.3, 0.4) is 0 Å². The first-order valence-corrected chi connectivity index (χ1v) is 6.41. The molecule has 0 aromatic carbocycles. The van der Waals surface area contributed by atoms with E-state index in [-0.39, 0.29) is 0 Å². The molecule has 1 aromatic heterocycles. The monoisotopic (exact) mass is 224 g/mol. The number of nitrogens with one attached hydrogen (secondary N) is 1. The van der Waals surface area contributed by atoms with E-state index in [0.717, 1.165) is 23.5 Å². The molecule has 0 aliphatic carbocycles. The van der Waals surface area contributed by atoms with Crippen molar-refractivity contribution >= 4 is 16.7 Å². The summed E-state index contributed by atoms with van der Waals surface area (Å²) in [6.07, 6.45) is 2.88. The van der Waals surface area contributed by atoms with E-state index >= 15 is 0 Å². The second kappa shape index (κ2) is 3.72. The van der Waals surface area contributed by atoms with Gasteiger partial charge in [-0.2, -0.15) is 4.37 Å². The number of rotatable bonds is 2. The third kappa shape index (κ3) is 1.45. The highest BCUT2D eigenvalue weighted by Crippen LogP contribution is 2.37. The van der Waals surface area contributed by atoms with Gasteiger partial charge in [-0.25, -0.2) is 4.98 Å². The van der Waals surface area contributed by atoms with E-state index in [1.807, 2.05) is 0 Å². The second-order valence-electron chi connectivity index (χ2n) is 4.43. The predicted octanol–water partition coefficient (Wildman–Crippen LogP) is 0.972. The molecule has 15 heavy (non-hydrogen) atoms. The largest absolute Gasteiger partial charge is 0.343 e. The Morgan fingerprint density at radius 1 is 1.60 bits per heavy atom. The lowest BCUT2D eigenvalue weighted by atomic mass is 9.93. The summed E-state index contributed by atoms with van der Waals surface area (Å²) in [6, 6.07) is 0.665. The summed E-state index contributed by atoms with van der Waals surface area (Å²) >= 11 is 1.52. The maximum atomic E-state index is 4.34. The first kappa shape index (κ1) is 9.54. The van der Waals surface area contributed by atoms with E-state index in [9.17, 15) is 0 Å². The van der Waals surface area contributed by atoms with Gasteiger partial charge in [0.25, 0.3) is 0 Å². The van der Waals surface area contributed by atoms with Crippen LogP contribution in [0.15, 0.2) is 6.33 Å². The lowest BCUT2D eigenvalue weighted by Gasteiger charge is -2.25. The fourth-order valence-electron chi connectivity index (χ4n) is 3.06. The number of hydrogen-bond acceptors (Lipinski definition) is 5. The van der Waals surface area contributed by atoms with Gasteiger partial charge in [0.15, 0.2) is 0 Å². The summed E-state index contributed by atoms with van der Waals surface area (Å²) in [5.74, 6) is 1.64. The first-order valence-electron chi connectivity index (χ1n) is 5.64. The summed E-state index contributed by atoms with van der Waals surface area (Å²) in [5, 5.41) is 4.60. The van der Waals surface area contributed by atoms with Gasteiger partial charge in [-0.1, -0.05) is 6.92 Å². The minimum absolute atomic E-state index is 0.665. The van der Waals surface area contributed by atoms with Crippen molar-refractivity contribution in [2.75, 3.05) is 24.5 Å². The highest BCUT2D eigenvalue weighted by molar-refractivity contribution is 7.09. The number of hydrogen-bond donors (Lipinski definition) is 1. The first-order chi connectivity index (χ1) is 7.40. The van der Waals surface area contributed by atoms with E-state index in [2.05, 4.69) is 26.5 Å². The summed E-state index contributed by atoms with van der Waals surface area (Å²) in [6.45, 7) is 5.79. The second-order valence-corrected chi connectivity index (χ2v) is 5.19. The number of nitrogens with zero attached hydrogens (tertiary/aromatic N) is 3. The van der Waals surface area contributed by atoms with Gasteiger partial charge in [0.1, 0.15) is 6.33 Å². The van der Waals surface area contributed by atoms with E-state index in [1.54, 1.807) is 6.33 Å². The van der Waals surface area contributed by atoms with Crippen molar-refractivity contribution in [1.29, 1.82) is 0 Å². The third-order valence-corrected chi connectivity index (χ3v) is 4.43. The van der Waals surface area contributed by atoms with E-state index < -0.39 is 0 Å². The molecule has 1 aromatic rings. The van der Waals surface area contributed by atoms with Crippen LogP contribution in [0.1, 0.15) is 13.3 Å². The van der Waals surface area contributed by atoms with Crippen molar-refractivity contribution in [3.63, 3.8) is 0 Å². The summed E-state index contributed by atoms with van der Waals surface area (Å²) in [4.78, 5) is 6.80. The van der Waals surface area contributed by atoms with Crippen molar-refractivity contribution in [3.8, 4) is 0 Å². The molecule has 2 aliphatic rings. The number of aromatic nitrogens is 2. The molecule has 0 saturated carbocycles. The van der Waals surface area contributed by atoms with Gasteiger partial charge in [0.2, 0.25) is 5.13 Å². The Morgan fingerprint density at radius 2 is 2.53 bits per heavy atom. The number of anilines is 1. The van der Waals surface area contributed by atoms with Gasteiger partial charge in [0.05, 0.1) is 0 Å². The van der Waals surface area contributed by atoms with Crippen molar-refractivity contribution in [2.24, 2.45) is 11.8 Å². The Morgan fingerprint density at radius 3 is 3.27 bits per heavy atom. The molecular formula is C10H16N4S. The van der Waals surface area contributed by atoms with Gasteiger partial charge < -0.3 is 10.2 Å². The van der Waals surface area contributed by atoms with Crippen LogP contribution in [0.5, 0.6) is 0 Å². The molecule has 4 nitrogen and oxygen atoms in total. The van der Waals surface area contributed by atoms with Gasteiger partial charge >= 0.3 is 0 Å². The molecule has 3 heterocycles. The van der Waals surface area contributed by atoms with Gasteiger partial charge in [-0.15, -0.1) is 0 Å². The molecule has 3 unspecified atom stereocenters. The molecule has 0 amide bonds. The zero-order chi connectivity index (χ0) is 10.3. The summed E-state index contributed by atoms with van der Waals surface area (Å²) in [7, 11) is 0. The van der Waals surface area contributed by atoms with Crippen molar-refractivity contribution < 1.29 is 0 Å². The minimum atomic E-state index is 0.665. The molecule has 0 radical (unpaired) electrons. The van der Waals surface area contributed by atoms with Crippen molar-refractivity contribution in [1.82, 2.24) is 14.7 Å². The van der Waals surface area contributed by atoms with Crippen LogP contribution in [0.25, 0.3) is 0 Å². The molecule has 3 atom stereocenters. The molecule has 1 N–H and O–H groups in total. The van der Waals surface area contributed by atoms with Gasteiger partial charge in [-0.05, 0) is 18.3 Å². The smallest absolute Gasteiger partial charge is 0.205 e. The lowest BCUT2D eigenvalue weighted by molar-refractivity contribution is 0.442. The van der Waals surface area contributed by atoms with Crippen molar-refractivity contribution in [2.45, 2.75) is 19.4 Å². The van der Waals surface area contributed by atoms with Crippen LogP contribution in [0.2, 0.25) is 0 Å². The molecule has 5 heteroatoms. The Hall–Kier alpha value is -0.680. The van der Waals surface area contributed by atoms with Crippen LogP contribution >= 0.6 is 11.5 Å². The standard InChI is InChI=1S/C10H16N4S/c1-2-9-8-4-11-3-7(8)5-14(9)10-12-6-13-15-10/h6-9,11H,2-5H2,1H3. The fourth-order valence-corrected chi connectivity index (χ4v) is 3.66. The topological polar surface area (TPSA) is 41.0 Å². The Kier molecular flexibility index (Phi) is 2.36. The average Bonchev–Trinajstić information content (AvgIpc) is 2.93. The molecule has 3 rings (SSSR count). The zero-order valence-corrected chi connectivity index (χ0v) is 9.70. The molecule has 2 fully saturated rings. The molecule has 82 valence electrons. The Bertz CT molecular complexity index is 326. The van der Waals surface area contributed by atoms with E-state index in [1.165, 1.54) is 31.0 Å². The maximum Gasteiger partial charge on any atom is 0.205 e. The van der Waals surface area contributed by atoms with Crippen molar-refractivity contribution in [3.05, 3.63) is 6.33 Å². The lowest BCUT2D eigenvalue weighted by Crippen LogP contribution is -2.34. The Balaban J connectivity index is 1.85. The van der Waals surface area contributed by atoms with Crippen LogP contribution in [-0.4, -0.2) is 35.0 Å².